The largest absolute Gasteiger partial charge is 0.392 e. The first-order valence-electron chi connectivity index (χ1n) is 4.34. The number of rotatable bonds is 4. The number of nitrogens with zero attached hydrogens (tertiary/aromatic N) is 1. The highest BCUT2D eigenvalue weighted by Crippen LogP contribution is 2.35. The quantitative estimate of drug-likeness (QED) is 0.854. The molecule has 0 spiro atoms. The van der Waals surface area contributed by atoms with Crippen LogP contribution in [-0.2, 0) is 10.0 Å². The Labute approximate surface area is 116 Å². The molecule has 1 aromatic rings. The van der Waals surface area contributed by atoms with Crippen LogP contribution in [0.2, 0.25) is 0 Å². The van der Waals surface area contributed by atoms with Crippen LogP contribution in [0.3, 0.4) is 0 Å². The molecule has 0 bridgehead atoms. The van der Waals surface area contributed by atoms with Gasteiger partial charge in [0.15, 0.2) is 0 Å². The number of aliphatic hydroxyl groups excluding tert-OH is 1. The molecule has 1 unspecified atom stereocenters. The summed E-state index contributed by atoms with van der Waals surface area (Å²) in [5.74, 6) is 0. The molecule has 16 heavy (non-hydrogen) atoms. The Morgan fingerprint density at radius 2 is 2.12 bits per heavy atom. The standard InChI is InChI=1S/C8H11Br2NO3S2/c1-5(12)4-11(2)16(13,14)6-3-7(9)15-8(6)10/h3,5,12H,4H2,1-2H3. The van der Waals surface area contributed by atoms with Gasteiger partial charge in [-0.15, -0.1) is 11.3 Å². The van der Waals surface area contributed by atoms with Crippen LogP contribution in [0, 0.1) is 0 Å². The Morgan fingerprint density at radius 3 is 2.50 bits per heavy atom. The molecule has 8 heteroatoms. The fourth-order valence-electron chi connectivity index (χ4n) is 1.14. The first-order valence-corrected chi connectivity index (χ1v) is 8.18. The number of hydrogen-bond acceptors (Lipinski definition) is 4. The minimum Gasteiger partial charge on any atom is -0.392 e. The van der Waals surface area contributed by atoms with Gasteiger partial charge in [0, 0.05) is 13.6 Å². The van der Waals surface area contributed by atoms with Crippen LogP contribution in [0.1, 0.15) is 6.92 Å². The summed E-state index contributed by atoms with van der Waals surface area (Å²) in [6, 6.07) is 1.54. The average molecular weight is 393 g/mol. The molecule has 4 nitrogen and oxygen atoms in total. The summed E-state index contributed by atoms with van der Waals surface area (Å²) in [4.78, 5) is 0.215. The van der Waals surface area contributed by atoms with E-state index < -0.39 is 16.1 Å². The zero-order chi connectivity index (χ0) is 12.5. The van der Waals surface area contributed by atoms with Crippen LogP contribution in [0.4, 0.5) is 0 Å². The predicted molar refractivity (Wildman–Crippen MR) is 71.2 cm³/mol. The predicted octanol–water partition coefficient (Wildman–Crippen LogP) is 2.27. The Hall–Kier alpha value is 0.530. The summed E-state index contributed by atoms with van der Waals surface area (Å²) in [5, 5.41) is 9.18. The van der Waals surface area contributed by atoms with Crippen molar-refractivity contribution in [2.24, 2.45) is 0 Å². The normalized spacial score (nSPS) is 14.4. The Morgan fingerprint density at radius 1 is 1.56 bits per heavy atom. The molecule has 0 radical (unpaired) electrons. The van der Waals surface area contributed by atoms with E-state index in [1.807, 2.05) is 0 Å². The van der Waals surface area contributed by atoms with Crippen LogP contribution >= 0.6 is 43.2 Å². The van der Waals surface area contributed by atoms with E-state index in [1.54, 1.807) is 13.0 Å². The summed E-state index contributed by atoms with van der Waals surface area (Å²) in [5.41, 5.74) is 0. The SMILES string of the molecule is CC(O)CN(C)S(=O)(=O)c1cc(Br)sc1Br. The molecule has 1 N–H and O–H groups in total. The van der Waals surface area contributed by atoms with Crippen molar-refractivity contribution in [2.45, 2.75) is 17.9 Å². The summed E-state index contributed by atoms with van der Waals surface area (Å²) < 4.78 is 26.6. The van der Waals surface area contributed by atoms with E-state index in [4.69, 9.17) is 0 Å². The smallest absolute Gasteiger partial charge is 0.244 e. The van der Waals surface area contributed by atoms with E-state index in [-0.39, 0.29) is 11.4 Å². The maximum atomic E-state index is 12.1. The van der Waals surface area contributed by atoms with Crippen molar-refractivity contribution >= 4 is 53.2 Å². The van der Waals surface area contributed by atoms with Gasteiger partial charge in [-0.25, -0.2) is 8.42 Å². The van der Waals surface area contributed by atoms with Crippen LogP contribution in [0.25, 0.3) is 0 Å². The number of aliphatic hydroxyl groups is 1. The first-order chi connectivity index (χ1) is 7.25. The van der Waals surface area contributed by atoms with E-state index in [0.29, 0.717) is 3.79 Å². The van der Waals surface area contributed by atoms with Crippen molar-refractivity contribution in [1.29, 1.82) is 0 Å². The molecule has 0 saturated carbocycles. The lowest BCUT2D eigenvalue weighted by Gasteiger charge is -2.17. The molecule has 0 aliphatic rings. The van der Waals surface area contributed by atoms with Crippen molar-refractivity contribution in [3.8, 4) is 0 Å². The van der Waals surface area contributed by atoms with Gasteiger partial charge in [0.2, 0.25) is 10.0 Å². The van der Waals surface area contributed by atoms with Crippen LogP contribution in [-0.4, -0.2) is 37.5 Å². The molecule has 0 saturated heterocycles. The fraction of sp³-hybridized carbons (Fsp3) is 0.500. The van der Waals surface area contributed by atoms with E-state index in [9.17, 15) is 13.5 Å². The van der Waals surface area contributed by atoms with E-state index in [2.05, 4.69) is 31.9 Å². The molecule has 92 valence electrons. The van der Waals surface area contributed by atoms with Crippen molar-refractivity contribution in [3.63, 3.8) is 0 Å². The van der Waals surface area contributed by atoms with Gasteiger partial charge in [0.05, 0.1) is 13.7 Å². The van der Waals surface area contributed by atoms with E-state index in [1.165, 1.54) is 18.4 Å². The maximum absolute atomic E-state index is 12.1. The van der Waals surface area contributed by atoms with Crippen molar-refractivity contribution in [2.75, 3.05) is 13.6 Å². The first kappa shape index (κ1) is 14.6. The second kappa shape index (κ2) is 5.45. The zero-order valence-electron chi connectivity index (χ0n) is 8.65. The number of likely N-dealkylation sites (N-methyl/N-ethyl adjacent to an activating group) is 1. The number of sulfonamides is 1. The zero-order valence-corrected chi connectivity index (χ0v) is 13.5. The summed E-state index contributed by atoms with van der Waals surface area (Å²) >= 11 is 7.74. The van der Waals surface area contributed by atoms with Crippen LogP contribution in [0.15, 0.2) is 18.5 Å². The molecular formula is C8H11Br2NO3S2. The topological polar surface area (TPSA) is 57.6 Å². The molecule has 1 rings (SSSR count). The highest BCUT2D eigenvalue weighted by Gasteiger charge is 2.26. The van der Waals surface area contributed by atoms with Gasteiger partial charge in [0.25, 0.3) is 0 Å². The molecule has 0 aliphatic heterocycles. The van der Waals surface area contributed by atoms with E-state index in [0.717, 1.165) is 8.09 Å². The Balaban J connectivity index is 3.07. The van der Waals surface area contributed by atoms with Gasteiger partial charge in [0.1, 0.15) is 4.90 Å². The molecule has 1 atom stereocenters. The molecule has 0 fully saturated rings. The Bertz CT molecular complexity index is 470. The van der Waals surface area contributed by atoms with Gasteiger partial charge in [-0.2, -0.15) is 4.31 Å². The third kappa shape index (κ3) is 3.27. The third-order valence-electron chi connectivity index (χ3n) is 1.83. The maximum Gasteiger partial charge on any atom is 0.244 e. The molecule has 1 heterocycles. The number of hydrogen-bond donors (Lipinski definition) is 1. The molecule has 0 aromatic carbocycles. The summed E-state index contributed by atoms with van der Waals surface area (Å²) in [6.07, 6.45) is -0.694. The fourth-order valence-corrected chi connectivity index (χ4v) is 6.15. The monoisotopic (exact) mass is 391 g/mol. The molecule has 0 aliphatic carbocycles. The second-order valence-electron chi connectivity index (χ2n) is 3.32. The summed E-state index contributed by atoms with van der Waals surface area (Å²) in [7, 11) is -2.09. The number of halogens is 2. The minimum absolute atomic E-state index is 0.0717. The van der Waals surface area contributed by atoms with Gasteiger partial charge in [-0.3, -0.25) is 0 Å². The van der Waals surface area contributed by atoms with Crippen LogP contribution in [0.5, 0.6) is 0 Å². The summed E-state index contributed by atoms with van der Waals surface area (Å²) in [6.45, 7) is 1.62. The molecule has 0 amide bonds. The van der Waals surface area contributed by atoms with E-state index >= 15 is 0 Å². The highest BCUT2D eigenvalue weighted by molar-refractivity contribution is 9.12. The molecule has 1 aromatic heterocycles. The van der Waals surface area contributed by atoms with Gasteiger partial charge in [-0.1, -0.05) is 0 Å². The highest BCUT2D eigenvalue weighted by atomic mass is 79.9. The van der Waals surface area contributed by atoms with Gasteiger partial charge in [-0.05, 0) is 44.8 Å². The second-order valence-corrected chi connectivity index (χ2v) is 9.09. The lowest BCUT2D eigenvalue weighted by molar-refractivity contribution is 0.171. The third-order valence-corrected chi connectivity index (χ3v) is 6.41. The van der Waals surface area contributed by atoms with Crippen LogP contribution < -0.4 is 0 Å². The lowest BCUT2D eigenvalue weighted by Crippen LogP contribution is -2.33. The van der Waals surface area contributed by atoms with Gasteiger partial charge < -0.3 is 5.11 Å². The average Bonchev–Trinajstić information content (AvgIpc) is 2.44. The van der Waals surface area contributed by atoms with Crippen molar-refractivity contribution < 1.29 is 13.5 Å². The van der Waals surface area contributed by atoms with Gasteiger partial charge >= 0.3 is 0 Å². The minimum atomic E-state index is -3.54. The Kier molecular flexibility index (Phi) is 4.97. The molecular weight excluding hydrogens is 382 g/mol. The van der Waals surface area contributed by atoms with Crippen molar-refractivity contribution in [1.82, 2.24) is 4.31 Å². The lowest BCUT2D eigenvalue weighted by atomic mass is 10.4. The van der Waals surface area contributed by atoms with Crippen molar-refractivity contribution in [3.05, 3.63) is 13.6 Å². The number of thiophene rings is 1.